The molecule has 0 saturated heterocycles. The van der Waals surface area contributed by atoms with E-state index in [0.717, 1.165) is 27.8 Å². The summed E-state index contributed by atoms with van der Waals surface area (Å²) in [6.45, 7) is 0. The van der Waals surface area contributed by atoms with Crippen LogP contribution in [0.25, 0.3) is 5.57 Å². The van der Waals surface area contributed by atoms with Crippen molar-refractivity contribution in [3.63, 3.8) is 0 Å². The van der Waals surface area contributed by atoms with Gasteiger partial charge in [-0.1, -0.05) is 115 Å². The molecule has 0 heterocycles. The van der Waals surface area contributed by atoms with Crippen molar-refractivity contribution in [1.82, 2.24) is 0 Å². The molecule has 1 aliphatic rings. The lowest BCUT2D eigenvalue weighted by molar-refractivity contribution is 0.0962. The number of rotatable bonds is 4. The molecule has 0 radical (unpaired) electrons. The number of allylic oxidation sites excluding steroid dienone is 5. The van der Waals surface area contributed by atoms with Crippen LogP contribution in [0.15, 0.2) is 121 Å². The van der Waals surface area contributed by atoms with E-state index >= 15 is 0 Å². The molecular weight excluding hydrogens is 328 g/mol. The summed E-state index contributed by atoms with van der Waals surface area (Å²) >= 11 is 0. The zero-order valence-electron chi connectivity index (χ0n) is 15.0. The van der Waals surface area contributed by atoms with Crippen LogP contribution in [0.5, 0.6) is 0 Å². The largest absolute Gasteiger partial charge is 0.293 e. The first-order valence-corrected chi connectivity index (χ1v) is 9.14. The number of benzene rings is 3. The molecular formula is C26H20O. The molecule has 3 aromatic carbocycles. The maximum Gasteiger partial charge on any atom is 0.174 e. The van der Waals surface area contributed by atoms with Gasteiger partial charge in [-0.2, -0.15) is 0 Å². The van der Waals surface area contributed by atoms with Crippen molar-refractivity contribution in [2.45, 2.75) is 0 Å². The third kappa shape index (κ3) is 3.58. The molecule has 1 nitrogen and oxygen atoms in total. The van der Waals surface area contributed by atoms with Crippen molar-refractivity contribution in [2.24, 2.45) is 5.92 Å². The Bertz CT molecular complexity index is 968. The van der Waals surface area contributed by atoms with E-state index in [1.165, 1.54) is 0 Å². The molecule has 4 rings (SSSR count). The van der Waals surface area contributed by atoms with E-state index in [0.29, 0.717) is 0 Å². The lowest BCUT2D eigenvalue weighted by Crippen LogP contribution is -2.17. The Morgan fingerprint density at radius 1 is 0.593 bits per heavy atom. The Morgan fingerprint density at radius 3 is 1.59 bits per heavy atom. The fourth-order valence-electron chi connectivity index (χ4n) is 3.50. The molecule has 0 saturated carbocycles. The van der Waals surface area contributed by atoms with Crippen molar-refractivity contribution < 1.29 is 4.79 Å². The molecule has 0 spiro atoms. The zero-order valence-corrected chi connectivity index (χ0v) is 15.0. The second kappa shape index (κ2) is 7.84. The number of carbonyl (C=O) groups excluding carboxylic acids is 1. The zero-order chi connectivity index (χ0) is 18.5. The van der Waals surface area contributed by atoms with E-state index in [1.54, 1.807) is 0 Å². The summed E-state index contributed by atoms with van der Waals surface area (Å²) in [5.74, 6) is -0.177. The molecule has 27 heavy (non-hydrogen) atoms. The van der Waals surface area contributed by atoms with Gasteiger partial charge in [0.25, 0.3) is 0 Å². The molecule has 1 heteroatoms. The smallest absolute Gasteiger partial charge is 0.174 e. The lowest BCUT2D eigenvalue weighted by atomic mass is 9.81. The molecule has 0 amide bonds. The Morgan fingerprint density at radius 2 is 1.07 bits per heavy atom. The molecule has 0 N–H and O–H groups in total. The van der Waals surface area contributed by atoms with E-state index in [4.69, 9.17) is 0 Å². The van der Waals surface area contributed by atoms with Crippen LogP contribution in [-0.4, -0.2) is 5.78 Å². The van der Waals surface area contributed by atoms with Gasteiger partial charge in [-0.05, 0) is 22.3 Å². The predicted molar refractivity (Wildman–Crippen MR) is 111 cm³/mol. The molecule has 130 valence electrons. The minimum atomic E-state index is -0.298. The minimum Gasteiger partial charge on any atom is -0.293 e. The fourth-order valence-corrected chi connectivity index (χ4v) is 3.50. The summed E-state index contributed by atoms with van der Waals surface area (Å²) in [6.07, 6.45) is 8.04. The van der Waals surface area contributed by atoms with Crippen LogP contribution in [0.2, 0.25) is 0 Å². The fraction of sp³-hybridized carbons (Fsp3) is 0.0385. The van der Waals surface area contributed by atoms with Crippen LogP contribution in [-0.2, 0) is 0 Å². The van der Waals surface area contributed by atoms with Crippen LogP contribution in [0.4, 0.5) is 0 Å². The summed E-state index contributed by atoms with van der Waals surface area (Å²) in [5.41, 5.74) is 5.10. The average molecular weight is 348 g/mol. The minimum absolute atomic E-state index is 0.121. The SMILES string of the molecule is O=C(c1ccccc1)C1C=CC=CC1=C(c1ccccc1)c1ccccc1. The van der Waals surface area contributed by atoms with Gasteiger partial charge in [0.15, 0.2) is 5.78 Å². The van der Waals surface area contributed by atoms with Crippen molar-refractivity contribution in [1.29, 1.82) is 0 Å². The normalized spacial score (nSPS) is 15.6. The number of hydrogen-bond donors (Lipinski definition) is 0. The Kier molecular flexibility index (Phi) is 4.93. The average Bonchev–Trinajstić information content (AvgIpc) is 2.76. The van der Waals surface area contributed by atoms with E-state index < -0.39 is 0 Å². The van der Waals surface area contributed by atoms with Crippen LogP contribution in [0.3, 0.4) is 0 Å². The maximum atomic E-state index is 13.3. The van der Waals surface area contributed by atoms with Gasteiger partial charge in [0, 0.05) is 5.56 Å². The topological polar surface area (TPSA) is 17.1 Å². The second-order valence-electron chi connectivity index (χ2n) is 6.51. The van der Waals surface area contributed by atoms with Crippen LogP contribution in [0, 0.1) is 5.92 Å². The van der Waals surface area contributed by atoms with E-state index in [1.807, 2.05) is 85.0 Å². The van der Waals surface area contributed by atoms with Crippen molar-refractivity contribution >= 4 is 11.4 Å². The van der Waals surface area contributed by atoms with E-state index in [-0.39, 0.29) is 11.7 Å². The molecule has 3 aromatic rings. The number of Topliss-reactive ketones (excluding diaryl/α,β-unsaturated/α-hetero) is 1. The monoisotopic (exact) mass is 348 g/mol. The highest BCUT2D eigenvalue weighted by Gasteiger charge is 2.25. The molecule has 0 bridgehead atoms. The molecule has 0 aromatic heterocycles. The molecule has 1 atom stereocenters. The summed E-state index contributed by atoms with van der Waals surface area (Å²) in [6, 6.07) is 30.1. The Labute approximate surface area is 160 Å². The highest BCUT2D eigenvalue weighted by molar-refractivity contribution is 6.03. The number of carbonyl (C=O) groups is 1. The maximum absolute atomic E-state index is 13.3. The van der Waals surface area contributed by atoms with Crippen molar-refractivity contribution in [3.8, 4) is 0 Å². The van der Waals surface area contributed by atoms with Crippen molar-refractivity contribution in [2.75, 3.05) is 0 Å². The van der Waals surface area contributed by atoms with Crippen LogP contribution < -0.4 is 0 Å². The number of hydrogen-bond acceptors (Lipinski definition) is 1. The van der Waals surface area contributed by atoms with Gasteiger partial charge in [-0.3, -0.25) is 4.79 Å². The first kappa shape index (κ1) is 17.0. The highest BCUT2D eigenvalue weighted by atomic mass is 16.1. The summed E-state index contributed by atoms with van der Waals surface area (Å²) in [7, 11) is 0. The third-order valence-corrected chi connectivity index (χ3v) is 4.78. The quantitative estimate of drug-likeness (QED) is 0.520. The summed E-state index contributed by atoms with van der Waals surface area (Å²) in [5, 5.41) is 0. The lowest BCUT2D eigenvalue weighted by Gasteiger charge is -2.21. The Hall–Kier alpha value is -3.45. The first-order chi connectivity index (χ1) is 13.3. The van der Waals surface area contributed by atoms with Gasteiger partial charge in [-0.15, -0.1) is 0 Å². The van der Waals surface area contributed by atoms with E-state index in [9.17, 15) is 4.79 Å². The molecule has 0 aliphatic heterocycles. The second-order valence-corrected chi connectivity index (χ2v) is 6.51. The van der Waals surface area contributed by atoms with Crippen LogP contribution >= 0.6 is 0 Å². The highest BCUT2D eigenvalue weighted by Crippen LogP contribution is 2.34. The van der Waals surface area contributed by atoms with Gasteiger partial charge in [-0.25, -0.2) is 0 Å². The van der Waals surface area contributed by atoms with Crippen LogP contribution in [0.1, 0.15) is 21.5 Å². The Balaban J connectivity index is 1.90. The molecule has 1 aliphatic carbocycles. The summed E-state index contributed by atoms with van der Waals surface area (Å²) in [4.78, 5) is 13.3. The van der Waals surface area contributed by atoms with Gasteiger partial charge >= 0.3 is 0 Å². The van der Waals surface area contributed by atoms with E-state index in [2.05, 4.69) is 30.3 Å². The van der Waals surface area contributed by atoms with Gasteiger partial charge in [0.1, 0.15) is 0 Å². The van der Waals surface area contributed by atoms with Gasteiger partial charge in [0.2, 0.25) is 0 Å². The molecule has 1 unspecified atom stereocenters. The van der Waals surface area contributed by atoms with Crippen molar-refractivity contribution in [3.05, 3.63) is 138 Å². The first-order valence-electron chi connectivity index (χ1n) is 9.14. The molecule has 0 fully saturated rings. The standard InChI is InChI=1S/C26H20O/c27-26(22-16-8-3-9-17-22)24-19-11-10-18-23(24)25(20-12-4-1-5-13-20)21-14-6-2-7-15-21/h1-19,24H. The predicted octanol–water partition coefficient (Wildman–Crippen LogP) is 6.11. The number of ketones is 1. The summed E-state index contributed by atoms with van der Waals surface area (Å²) < 4.78 is 0. The van der Waals surface area contributed by atoms with Gasteiger partial charge in [0.05, 0.1) is 5.92 Å². The third-order valence-electron chi connectivity index (χ3n) is 4.78. The van der Waals surface area contributed by atoms with Gasteiger partial charge < -0.3 is 0 Å².